The molecular formula is C27H29N3O4S. The summed E-state index contributed by atoms with van der Waals surface area (Å²) in [6, 6.07) is 20.2. The van der Waals surface area contributed by atoms with Gasteiger partial charge in [-0.2, -0.15) is 4.31 Å². The number of carbonyl (C=O) groups excluding carboxylic acids is 2. The minimum atomic E-state index is -3.55. The van der Waals surface area contributed by atoms with E-state index >= 15 is 0 Å². The third kappa shape index (κ3) is 5.96. The summed E-state index contributed by atoms with van der Waals surface area (Å²) in [5, 5.41) is 5.65. The van der Waals surface area contributed by atoms with Crippen LogP contribution in [-0.4, -0.2) is 37.6 Å². The minimum Gasteiger partial charge on any atom is -0.322 e. The Kier molecular flexibility index (Phi) is 7.63. The van der Waals surface area contributed by atoms with Crippen LogP contribution in [0.1, 0.15) is 52.0 Å². The van der Waals surface area contributed by atoms with Gasteiger partial charge in [0.05, 0.1) is 4.90 Å². The maximum Gasteiger partial charge on any atom is 0.255 e. The molecule has 0 bridgehead atoms. The molecule has 2 amide bonds. The lowest BCUT2D eigenvalue weighted by atomic mass is 10.1. The van der Waals surface area contributed by atoms with Crippen LogP contribution in [0.3, 0.4) is 0 Å². The molecule has 0 spiro atoms. The zero-order chi connectivity index (χ0) is 24.8. The smallest absolute Gasteiger partial charge is 0.255 e. The number of amides is 2. The molecule has 1 fully saturated rings. The molecular weight excluding hydrogens is 462 g/mol. The van der Waals surface area contributed by atoms with Gasteiger partial charge in [-0.1, -0.05) is 37.1 Å². The Bertz CT molecular complexity index is 1300. The van der Waals surface area contributed by atoms with Crippen molar-refractivity contribution in [1.29, 1.82) is 0 Å². The third-order valence-corrected chi connectivity index (χ3v) is 8.01. The van der Waals surface area contributed by atoms with Gasteiger partial charge in [-0.15, -0.1) is 0 Å². The minimum absolute atomic E-state index is 0.221. The van der Waals surface area contributed by atoms with E-state index in [0.29, 0.717) is 35.6 Å². The summed E-state index contributed by atoms with van der Waals surface area (Å²) in [5.74, 6) is -0.615. The zero-order valence-corrected chi connectivity index (χ0v) is 20.5. The fourth-order valence-electron chi connectivity index (χ4n) is 4.03. The summed E-state index contributed by atoms with van der Waals surface area (Å²) in [6.07, 6.45) is 3.84. The Hall–Kier alpha value is -3.49. The average molecular weight is 492 g/mol. The summed E-state index contributed by atoms with van der Waals surface area (Å²) in [7, 11) is -3.55. The maximum absolute atomic E-state index is 13.0. The molecule has 3 aromatic carbocycles. The van der Waals surface area contributed by atoms with Crippen molar-refractivity contribution < 1.29 is 18.0 Å². The van der Waals surface area contributed by atoms with Gasteiger partial charge in [0.25, 0.3) is 11.8 Å². The molecule has 0 aliphatic carbocycles. The predicted octanol–water partition coefficient (Wildman–Crippen LogP) is 5.06. The molecule has 182 valence electrons. The number of anilines is 2. The highest BCUT2D eigenvalue weighted by Crippen LogP contribution is 2.23. The molecule has 8 heteroatoms. The molecule has 35 heavy (non-hydrogen) atoms. The zero-order valence-electron chi connectivity index (χ0n) is 19.7. The largest absolute Gasteiger partial charge is 0.322 e. The molecule has 0 unspecified atom stereocenters. The van der Waals surface area contributed by atoms with Crippen molar-refractivity contribution in [3.05, 3.63) is 89.5 Å². The molecule has 3 aromatic rings. The molecule has 7 nitrogen and oxygen atoms in total. The molecule has 2 N–H and O–H groups in total. The van der Waals surface area contributed by atoms with Crippen LogP contribution in [0.25, 0.3) is 0 Å². The van der Waals surface area contributed by atoms with Crippen LogP contribution in [0.15, 0.2) is 77.7 Å². The highest BCUT2D eigenvalue weighted by atomic mass is 32.2. The van der Waals surface area contributed by atoms with Gasteiger partial charge in [-0.3, -0.25) is 9.59 Å². The van der Waals surface area contributed by atoms with Gasteiger partial charge in [-0.05, 0) is 73.9 Å². The van der Waals surface area contributed by atoms with Crippen LogP contribution >= 0.6 is 0 Å². The number of aryl methyl sites for hydroxylation is 1. The fourth-order valence-corrected chi connectivity index (χ4v) is 5.54. The van der Waals surface area contributed by atoms with E-state index in [9.17, 15) is 18.0 Å². The monoisotopic (exact) mass is 491 g/mol. The number of rotatable bonds is 6. The molecule has 0 radical (unpaired) electrons. The number of hydrogen-bond acceptors (Lipinski definition) is 4. The second-order valence-corrected chi connectivity index (χ2v) is 10.6. The van der Waals surface area contributed by atoms with Crippen molar-refractivity contribution in [1.82, 2.24) is 4.31 Å². The second-order valence-electron chi connectivity index (χ2n) is 8.65. The van der Waals surface area contributed by atoms with Gasteiger partial charge >= 0.3 is 0 Å². The molecule has 0 aromatic heterocycles. The normalized spacial score (nSPS) is 14.7. The molecule has 1 heterocycles. The van der Waals surface area contributed by atoms with E-state index in [2.05, 4.69) is 10.6 Å². The summed E-state index contributed by atoms with van der Waals surface area (Å²) in [4.78, 5) is 25.6. The standard InChI is InChI=1S/C27H29N3O4S/c1-20-11-12-22(19-25(20)29-26(31)21-9-5-4-6-10-21)27(32)28-23-13-15-24(16-14-23)35(33,34)30-17-7-2-3-8-18-30/h4-6,9-16,19H,2-3,7-8,17-18H2,1H3,(H,28,32)(H,29,31). The Morgan fingerprint density at radius 1 is 0.743 bits per heavy atom. The molecule has 4 rings (SSSR count). The SMILES string of the molecule is Cc1ccc(C(=O)Nc2ccc(S(=O)(=O)N3CCCCCC3)cc2)cc1NC(=O)c1ccccc1. The molecule has 0 atom stereocenters. The Labute approximate surface area is 206 Å². The van der Waals surface area contributed by atoms with Gasteiger partial charge < -0.3 is 10.6 Å². The van der Waals surface area contributed by atoms with Crippen LogP contribution in [0.5, 0.6) is 0 Å². The average Bonchev–Trinajstić information content (AvgIpc) is 3.16. The summed E-state index contributed by atoms with van der Waals surface area (Å²) >= 11 is 0. The van der Waals surface area contributed by atoms with Crippen molar-refractivity contribution in [3.63, 3.8) is 0 Å². The van der Waals surface area contributed by atoms with Crippen molar-refractivity contribution in [2.75, 3.05) is 23.7 Å². The summed E-state index contributed by atoms with van der Waals surface area (Å²) in [6.45, 7) is 2.93. The van der Waals surface area contributed by atoms with Gasteiger partial charge in [-0.25, -0.2) is 8.42 Å². The van der Waals surface area contributed by atoms with Crippen molar-refractivity contribution >= 4 is 33.2 Å². The van der Waals surface area contributed by atoms with E-state index in [0.717, 1.165) is 31.2 Å². The highest BCUT2D eigenvalue weighted by molar-refractivity contribution is 7.89. The van der Waals surface area contributed by atoms with E-state index < -0.39 is 10.0 Å². The summed E-state index contributed by atoms with van der Waals surface area (Å²) in [5.41, 5.74) is 2.76. The number of nitrogens with zero attached hydrogens (tertiary/aromatic N) is 1. The lowest BCUT2D eigenvalue weighted by Gasteiger charge is -2.20. The van der Waals surface area contributed by atoms with Gasteiger partial charge in [0.2, 0.25) is 10.0 Å². The Balaban J connectivity index is 1.45. The van der Waals surface area contributed by atoms with Crippen LogP contribution < -0.4 is 10.6 Å². The number of carbonyl (C=O) groups is 2. The molecule has 1 saturated heterocycles. The van der Waals surface area contributed by atoms with Crippen LogP contribution in [-0.2, 0) is 10.0 Å². The summed E-state index contributed by atoms with van der Waals surface area (Å²) < 4.78 is 27.5. The van der Waals surface area contributed by atoms with Crippen LogP contribution in [0.2, 0.25) is 0 Å². The maximum atomic E-state index is 13.0. The van der Waals surface area contributed by atoms with E-state index in [1.807, 2.05) is 13.0 Å². The molecule has 0 saturated carbocycles. The molecule has 1 aliphatic rings. The lowest BCUT2D eigenvalue weighted by molar-refractivity contribution is 0.101. The highest BCUT2D eigenvalue weighted by Gasteiger charge is 2.25. The first kappa shape index (κ1) is 24.6. The molecule has 1 aliphatic heterocycles. The van der Waals surface area contributed by atoms with Crippen LogP contribution in [0.4, 0.5) is 11.4 Å². The van der Waals surface area contributed by atoms with E-state index in [1.54, 1.807) is 58.9 Å². The van der Waals surface area contributed by atoms with E-state index in [-0.39, 0.29) is 16.7 Å². The Morgan fingerprint density at radius 3 is 2.03 bits per heavy atom. The van der Waals surface area contributed by atoms with Gasteiger partial charge in [0.15, 0.2) is 0 Å². The Morgan fingerprint density at radius 2 is 1.37 bits per heavy atom. The topological polar surface area (TPSA) is 95.6 Å². The quantitative estimate of drug-likeness (QED) is 0.504. The number of hydrogen-bond donors (Lipinski definition) is 2. The van der Waals surface area contributed by atoms with Crippen molar-refractivity contribution in [3.8, 4) is 0 Å². The van der Waals surface area contributed by atoms with Crippen LogP contribution in [0, 0.1) is 6.92 Å². The number of sulfonamides is 1. The third-order valence-electron chi connectivity index (χ3n) is 6.10. The van der Waals surface area contributed by atoms with Gasteiger partial charge in [0, 0.05) is 35.6 Å². The predicted molar refractivity (Wildman–Crippen MR) is 137 cm³/mol. The fraction of sp³-hybridized carbons (Fsp3) is 0.259. The number of nitrogens with one attached hydrogen (secondary N) is 2. The van der Waals surface area contributed by atoms with Gasteiger partial charge in [0.1, 0.15) is 0 Å². The van der Waals surface area contributed by atoms with E-state index in [4.69, 9.17) is 0 Å². The van der Waals surface area contributed by atoms with Crippen molar-refractivity contribution in [2.24, 2.45) is 0 Å². The lowest BCUT2D eigenvalue weighted by Crippen LogP contribution is -2.31. The second kappa shape index (κ2) is 10.8. The first-order valence-corrected chi connectivity index (χ1v) is 13.2. The van der Waals surface area contributed by atoms with Crippen molar-refractivity contribution in [2.45, 2.75) is 37.5 Å². The van der Waals surface area contributed by atoms with E-state index in [1.165, 1.54) is 12.1 Å². The first-order valence-electron chi connectivity index (χ1n) is 11.7. The number of benzene rings is 3. The first-order chi connectivity index (χ1) is 16.8.